The number of carbonyl (C=O) groups excluding carboxylic acids is 1. The Morgan fingerprint density at radius 3 is 2.92 bits per heavy atom. The molecule has 0 saturated heterocycles. The molecule has 0 aliphatic carbocycles. The number of rotatable bonds is 5. The van der Waals surface area contributed by atoms with Gasteiger partial charge in [-0.1, -0.05) is 12.1 Å². The average Bonchev–Trinajstić information content (AvgIpc) is 3.21. The standard InChI is InChI=1S/C18H17N3O4/c22-17(12-6-7-15-16(10-12)25-11-24-15)19-8-3-9-21-14-5-2-1-4-13(14)20-18(21)23/h1-2,4-7,10H,3,8-9,11H2,(H,19,22)(H,20,23). The van der Waals surface area contributed by atoms with Crippen LogP contribution in [-0.4, -0.2) is 28.8 Å². The second-order valence-electron chi connectivity index (χ2n) is 5.78. The SMILES string of the molecule is O=C(NCCCn1c(=O)[nH]c2ccccc21)c1ccc2c(c1)OCO2. The normalized spacial score (nSPS) is 12.5. The molecule has 7 nitrogen and oxygen atoms in total. The fraction of sp³-hybridized carbons (Fsp3) is 0.222. The third kappa shape index (κ3) is 2.96. The summed E-state index contributed by atoms with van der Waals surface area (Å²) in [5, 5.41) is 2.86. The molecule has 1 aliphatic heterocycles. The van der Waals surface area contributed by atoms with Gasteiger partial charge in [0.25, 0.3) is 5.91 Å². The fourth-order valence-corrected chi connectivity index (χ4v) is 2.91. The van der Waals surface area contributed by atoms with Crippen LogP contribution < -0.4 is 20.5 Å². The van der Waals surface area contributed by atoms with Gasteiger partial charge in [-0.25, -0.2) is 4.79 Å². The van der Waals surface area contributed by atoms with Gasteiger partial charge in [-0.2, -0.15) is 0 Å². The van der Waals surface area contributed by atoms with Gasteiger partial charge >= 0.3 is 5.69 Å². The lowest BCUT2D eigenvalue weighted by Crippen LogP contribution is -2.26. The van der Waals surface area contributed by atoms with Crippen LogP contribution in [0.25, 0.3) is 11.0 Å². The van der Waals surface area contributed by atoms with E-state index in [9.17, 15) is 9.59 Å². The van der Waals surface area contributed by atoms with Crippen LogP contribution in [0.1, 0.15) is 16.8 Å². The van der Waals surface area contributed by atoms with Crippen molar-refractivity contribution in [1.29, 1.82) is 0 Å². The molecule has 0 unspecified atom stereocenters. The van der Waals surface area contributed by atoms with Crippen LogP contribution in [0.2, 0.25) is 0 Å². The number of amides is 1. The number of carbonyl (C=O) groups is 1. The number of aromatic amines is 1. The molecule has 2 N–H and O–H groups in total. The minimum atomic E-state index is -0.176. The summed E-state index contributed by atoms with van der Waals surface area (Å²) in [6, 6.07) is 12.6. The minimum absolute atomic E-state index is 0.136. The van der Waals surface area contributed by atoms with Crippen LogP contribution in [-0.2, 0) is 6.54 Å². The monoisotopic (exact) mass is 339 g/mol. The van der Waals surface area contributed by atoms with Crippen molar-refractivity contribution < 1.29 is 14.3 Å². The number of nitrogens with zero attached hydrogens (tertiary/aromatic N) is 1. The number of para-hydroxylation sites is 2. The van der Waals surface area contributed by atoms with Crippen molar-refractivity contribution >= 4 is 16.9 Å². The first-order valence-corrected chi connectivity index (χ1v) is 8.08. The topological polar surface area (TPSA) is 85.4 Å². The molecule has 1 aromatic heterocycles. The molecule has 1 aliphatic rings. The van der Waals surface area contributed by atoms with Gasteiger partial charge in [-0.3, -0.25) is 9.36 Å². The Labute approximate surface area is 143 Å². The molecule has 7 heteroatoms. The van der Waals surface area contributed by atoms with Gasteiger partial charge in [0.1, 0.15) is 0 Å². The molecule has 0 atom stereocenters. The maximum Gasteiger partial charge on any atom is 0.326 e. The predicted octanol–water partition coefficient (Wildman–Crippen LogP) is 1.88. The number of hydrogen-bond acceptors (Lipinski definition) is 4. The summed E-state index contributed by atoms with van der Waals surface area (Å²) in [6.07, 6.45) is 0.651. The van der Waals surface area contributed by atoms with E-state index in [0.29, 0.717) is 36.6 Å². The second kappa shape index (κ2) is 6.35. The van der Waals surface area contributed by atoms with Crippen LogP contribution in [0.15, 0.2) is 47.3 Å². The molecule has 0 fully saturated rings. The number of imidazole rings is 1. The van der Waals surface area contributed by atoms with Crippen molar-refractivity contribution in [3.8, 4) is 11.5 Å². The number of aryl methyl sites for hydroxylation is 1. The van der Waals surface area contributed by atoms with Crippen LogP contribution in [0, 0.1) is 0 Å². The maximum absolute atomic E-state index is 12.2. The molecule has 0 bridgehead atoms. The highest BCUT2D eigenvalue weighted by Gasteiger charge is 2.16. The fourth-order valence-electron chi connectivity index (χ4n) is 2.91. The van der Waals surface area contributed by atoms with Crippen LogP contribution in [0.3, 0.4) is 0 Å². The third-order valence-electron chi connectivity index (χ3n) is 4.16. The molecule has 128 valence electrons. The third-order valence-corrected chi connectivity index (χ3v) is 4.16. The van der Waals surface area contributed by atoms with Crippen molar-refractivity contribution in [2.45, 2.75) is 13.0 Å². The maximum atomic E-state index is 12.2. The number of H-pyrrole nitrogens is 1. The Kier molecular flexibility index (Phi) is 3.89. The van der Waals surface area contributed by atoms with Gasteiger partial charge in [0.2, 0.25) is 6.79 Å². The van der Waals surface area contributed by atoms with E-state index in [1.54, 1.807) is 22.8 Å². The lowest BCUT2D eigenvalue weighted by atomic mass is 10.2. The average molecular weight is 339 g/mol. The zero-order chi connectivity index (χ0) is 17.2. The van der Waals surface area contributed by atoms with E-state index in [2.05, 4.69) is 10.3 Å². The van der Waals surface area contributed by atoms with E-state index in [1.807, 2.05) is 24.3 Å². The Morgan fingerprint density at radius 2 is 2.00 bits per heavy atom. The molecule has 1 amide bonds. The van der Waals surface area contributed by atoms with Crippen LogP contribution in [0.5, 0.6) is 11.5 Å². The Hall–Kier alpha value is -3.22. The molecule has 0 spiro atoms. The smallest absolute Gasteiger partial charge is 0.326 e. The summed E-state index contributed by atoms with van der Waals surface area (Å²) in [5.74, 6) is 1.05. The molecule has 2 aromatic carbocycles. The van der Waals surface area contributed by atoms with E-state index < -0.39 is 0 Å². The van der Waals surface area contributed by atoms with E-state index in [0.717, 1.165) is 11.0 Å². The zero-order valence-electron chi connectivity index (χ0n) is 13.5. The van der Waals surface area contributed by atoms with E-state index >= 15 is 0 Å². The van der Waals surface area contributed by atoms with Crippen molar-refractivity contribution in [2.75, 3.05) is 13.3 Å². The first-order chi connectivity index (χ1) is 12.2. The lowest BCUT2D eigenvalue weighted by Gasteiger charge is -2.07. The van der Waals surface area contributed by atoms with Crippen molar-refractivity contribution in [1.82, 2.24) is 14.9 Å². The first kappa shape index (κ1) is 15.3. The van der Waals surface area contributed by atoms with E-state index in [1.165, 1.54) is 0 Å². The largest absolute Gasteiger partial charge is 0.454 e. The quantitative estimate of drug-likeness (QED) is 0.695. The molecular formula is C18H17N3O4. The molecule has 4 rings (SSSR count). The number of hydrogen-bond donors (Lipinski definition) is 2. The summed E-state index contributed by atoms with van der Waals surface area (Å²) in [5.41, 5.74) is 2.07. The lowest BCUT2D eigenvalue weighted by molar-refractivity contribution is 0.0952. The van der Waals surface area contributed by atoms with E-state index in [-0.39, 0.29) is 18.4 Å². The Bertz CT molecular complexity index is 989. The van der Waals surface area contributed by atoms with Gasteiger partial charge in [-0.15, -0.1) is 0 Å². The molecule has 0 saturated carbocycles. The molecule has 25 heavy (non-hydrogen) atoms. The van der Waals surface area contributed by atoms with Gasteiger partial charge in [0, 0.05) is 18.7 Å². The molecule has 0 radical (unpaired) electrons. The number of ether oxygens (including phenoxy) is 2. The summed E-state index contributed by atoms with van der Waals surface area (Å²) in [6.45, 7) is 1.18. The van der Waals surface area contributed by atoms with Gasteiger partial charge in [-0.05, 0) is 36.8 Å². The molecular weight excluding hydrogens is 322 g/mol. The molecule has 3 aromatic rings. The number of aromatic nitrogens is 2. The first-order valence-electron chi connectivity index (χ1n) is 8.08. The van der Waals surface area contributed by atoms with Crippen molar-refractivity contribution in [3.05, 3.63) is 58.5 Å². The van der Waals surface area contributed by atoms with Crippen LogP contribution in [0.4, 0.5) is 0 Å². The highest BCUT2D eigenvalue weighted by atomic mass is 16.7. The number of nitrogens with one attached hydrogen (secondary N) is 2. The van der Waals surface area contributed by atoms with Crippen LogP contribution >= 0.6 is 0 Å². The van der Waals surface area contributed by atoms with Gasteiger partial charge in [0.15, 0.2) is 11.5 Å². The number of benzene rings is 2. The Balaban J connectivity index is 1.35. The zero-order valence-corrected chi connectivity index (χ0v) is 13.5. The highest BCUT2D eigenvalue weighted by molar-refractivity contribution is 5.94. The minimum Gasteiger partial charge on any atom is -0.454 e. The predicted molar refractivity (Wildman–Crippen MR) is 92.1 cm³/mol. The highest BCUT2D eigenvalue weighted by Crippen LogP contribution is 2.32. The Morgan fingerprint density at radius 1 is 1.16 bits per heavy atom. The van der Waals surface area contributed by atoms with Crippen molar-refractivity contribution in [3.63, 3.8) is 0 Å². The summed E-state index contributed by atoms with van der Waals surface area (Å²) >= 11 is 0. The summed E-state index contributed by atoms with van der Waals surface area (Å²) < 4.78 is 12.2. The summed E-state index contributed by atoms with van der Waals surface area (Å²) in [4.78, 5) is 27.0. The van der Waals surface area contributed by atoms with Gasteiger partial charge < -0.3 is 19.8 Å². The molecule has 2 heterocycles. The summed E-state index contributed by atoms with van der Waals surface area (Å²) in [7, 11) is 0. The van der Waals surface area contributed by atoms with E-state index in [4.69, 9.17) is 9.47 Å². The van der Waals surface area contributed by atoms with Gasteiger partial charge in [0.05, 0.1) is 11.0 Å². The number of fused-ring (bicyclic) bond motifs is 2. The second-order valence-corrected chi connectivity index (χ2v) is 5.78. The van der Waals surface area contributed by atoms with Crippen molar-refractivity contribution in [2.24, 2.45) is 0 Å².